The molecule has 118 valence electrons. The molecule has 0 radical (unpaired) electrons. The van der Waals surface area contributed by atoms with Gasteiger partial charge in [0.15, 0.2) is 5.96 Å². The van der Waals surface area contributed by atoms with Crippen LogP contribution in [0.4, 0.5) is 4.39 Å². The lowest BCUT2D eigenvalue weighted by Crippen LogP contribution is -2.33. The van der Waals surface area contributed by atoms with Crippen LogP contribution in [0.5, 0.6) is 0 Å². The van der Waals surface area contributed by atoms with Crippen LogP contribution in [0.2, 0.25) is 0 Å². The minimum atomic E-state index is -0.545. The van der Waals surface area contributed by atoms with Crippen LogP contribution in [-0.4, -0.2) is 29.2 Å². The number of carbonyl (C=O) groups excluding carboxylic acids is 2. The van der Waals surface area contributed by atoms with Crippen molar-refractivity contribution in [1.29, 1.82) is 0 Å². The Morgan fingerprint density at radius 3 is 2.68 bits per heavy atom. The fourth-order valence-electron chi connectivity index (χ4n) is 2.65. The van der Waals surface area contributed by atoms with E-state index in [1.807, 2.05) is 13.8 Å². The fourth-order valence-corrected chi connectivity index (χ4v) is 2.65. The van der Waals surface area contributed by atoms with Gasteiger partial charge >= 0.3 is 0 Å². The highest BCUT2D eigenvalue weighted by molar-refractivity contribution is 6.00. The third-order valence-electron chi connectivity index (χ3n) is 3.42. The van der Waals surface area contributed by atoms with Crippen molar-refractivity contribution in [2.45, 2.75) is 26.3 Å². The molecule has 2 rings (SSSR count). The number of fused-ring (bicyclic) bond motifs is 1. The summed E-state index contributed by atoms with van der Waals surface area (Å²) in [6, 6.07) is 3.44. The molecule has 0 spiro atoms. The van der Waals surface area contributed by atoms with Crippen LogP contribution in [0.25, 0.3) is 0 Å². The summed E-state index contributed by atoms with van der Waals surface area (Å²) in [5, 5.41) is 0. The van der Waals surface area contributed by atoms with Crippen LogP contribution in [0.1, 0.15) is 42.2 Å². The van der Waals surface area contributed by atoms with Gasteiger partial charge in [-0.1, -0.05) is 13.8 Å². The summed E-state index contributed by atoms with van der Waals surface area (Å²) in [7, 11) is 0. The van der Waals surface area contributed by atoms with Crippen LogP contribution in [0.3, 0.4) is 0 Å². The van der Waals surface area contributed by atoms with Crippen LogP contribution in [-0.2, 0) is 4.79 Å². The molecule has 1 aliphatic heterocycles. The van der Waals surface area contributed by atoms with Gasteiger partial charge in [0.1, 0.15) is 5.82 Å². The van der Waals surface area contributed by atoms with E-state index < -0.39 is 17.8 Å². The van der Waals surface area contributed by atoms with Crippen molar-refractivity contribution < 1.29 is 14.0 Å². The lowest BCUT2D eigenvalue weighted by molar-refractivity contribution is -0.118. The molecule has 0 bridgehead atoms. The molecule has 1 atom stereocenters. The van der Waals surface area contributed by atoms with Crippen molar-refractivity contribution in [3.63, 3.8) is 0 Å². The Hall–Kier alpha value is -2.44. The van der Waals surface area contributed by atoms with Crippen molar-refractivity contribution in [3.05, 3.63) is 35.1 Å². The van der Waals surface area contributed by atoms with E-state index in [0.717, 1.165) is 0 Å². The molecule has 1 aromatic rings. The maximum atomic E-state index is 13.5. The van der Waals surface area contributed by atoms with Gasteiger partial charge in [-0.05, 0) is 29.7 Å². The number of nitrogens with two attached hydrogens (primary N) is 2. The molecule has 2 amide bonds. The first-order valence-electron chi connectivity index (χ1n) is 7.02. The summed E-state index contributed by atoms with van der Waals surface area (Å²) in [6.45, 7) is 4.40. The number of amides is 2. The van der Waals surface area contributed by atoms with Crippen molar-refractivity contribution in [2.24, 2.45) is 22.4 Å². The maximum Gasteiger partial charge on any atom is 0.254 e. The van der Waals surface area contributed by atoms with Gasteiger partial charge in [-0.2, -0.15) is 4.99 Å². The lowest BCUT2D eigenvalue weighted by atomic mass is 10.0. The second-order valence-corrected chi connectivity index (χ2v) is 5.73. The molecular formula is C15H19FN4O2. The number of hydrogen-bond donors (Lipinski definition) is 2. The number of nitrogens with zero attached hydrogens (tertiary/aromatic N) is 2. The van der Waals surface area contributed by atoms with Gasteiger partial charge in [0.25, 0.3) is 11.8 Å². The zero-order valence-corrected chi connectivity index (χ0v) is 12.5. The third kappa shape index (κ3) is 3.24. The Labute approximate surface area is 128 Å². The molecule has 1 heterocycles. The smallest absolute Gasteiger partial charge is 0.254 e. The predicted molar refractivity (Wildman–Crippen MR) is 80.4 cm³/mol. The number of hydrogen-bond acceptors (Lipinski definition) is 2. The monoisotopic (exact) mass is 306 g/mol. The molecule has 1 aromatic carbocycles. The second kappa shape index (κ2) is 6.13. The molecule has 0 fully saturated rings. The van der Waals surface area contributed by atoms with E-state index in [1.54, 1.807) is 4.90 Å². The molecule has 22 heavy (non-hydrogen) atoms. The number of benzene rings is 1. The number of halogens is 1. The summed E-state index contributed by atoms with van der Waals surface area (Å²) >= 11 is 0. The fraction of sp³-hybridized carbons (Fsp3) is 0.400. The van der Waals surface area contributed by atoms with E-state index in [1.165, 1.54) is 18.2 Å². The second-order valence-electron chi connectivity index (χ2n) is 5.73. The highest BCUT2D eigenvalue weighted by atomic mass is 19.1. The van der Waals surface area contributed by atoms with Crippen LogP contribution >= 0.6 is 0 Å². The van der Waals surface area contributed by atoms with E-state index in [-0.39, 0.29) is 24.2 Å². The molecule has 0 aliphatic carbocycles. The van der Waals surface area contributed by atoms with Crippen LogP contribution in [0, 0.1) is 11.7 Å². The molecule has 1 aliphatic rings. The quantitative estimate of drug-likeness (QED) is 0.644. The minimum absolute atomic E-state index is 0.0766. The summed E-state index contributed by atoms with van der Waals surface area (Å²) in [4.78, 5) is 29.4. The number of aliphatic imine (C=N–C) groups is 1. The van der Waals surface area contributed by atoms with Gasteiger partial charge in [0, 0.05) is 12.1 Å². The summed E-state index contributed by atoms with van der Waals surface area (Å²) in [5.74, 6) is -1.31. The molecule has 7 heteroatoms. The van der Waals surface area contributed by atoms with E-state index in [9.17, 15) is 14.0 Å². The molecule has 6 nitrogen and oxygen atoms in total. The van der Waals surface area contributed by atoms with Gasteiger partial charge in [-0.15, -0.1) is 0 Å². The average Bonchev–Trinajstić information content (AvgIpc) is 2.62. The maximum absolute atomic E-state index is 13.5. The highest BCUT2D eigenvalue weighted by Crippen LogP contribution is 2.37. The van der Waals surface area contributed by atoms with E-state index >= 15 is 0 Å². The van der Waals surface area contributed by atoms with E-state index in [0.29, 0.717) is 17.7 Å². The molecule has 1 unspecified atom stereocenters. The third-order valence-corrected chi connectivity index (χ3v) is 3.42. The Kier molecular flexibility index (Phi) is 4.44. The SMILES string of the molecule is CC(C)CN1C(=O)c2ccc(F)cc2C1CC(=O)N=C(N)N. The predicted octanol–water partition coefficient (Wildman–Crippen LogP) is 1.17. The molecule has 0 saturated heterocycles. The molecule has 4 N–H and O–H groups in total. The Morgan fingerprint density at radius 1 is 1.41 bits per heavy atom. The first-order chi connectivity index (χ1) is 10.3. The Morgan fingerprint density at radius 2 is 2.09 bits per heavy atom. The largest absolute Gasteiger partial charge is 0.370 e. The molecular weight excluding hydrogens is 287 g/mol. The van der Waals surface area contributed by atoms with Gasteiger partial charge in [-0.25, -0.2) is 4.39 Å². The molecule has 0 aromatic heterocycles. The Balaban J connectivity index is 2.37. The van der Waals surface area contributed by atoms with Crippen molar-refractivity contribution in [1.82, 2.24) is 4.90 Å². The van der Waals surface area contributed by atoms with Crippen molar-refractivity contribution >= 4 is 17.8 Å². The Bertz CT molecular complexity index is 638. The normalized spacial score (nSPS) is 16.8. The topological polar surface area (TPSA) is 102 Å². The lowest BCUT2D eigenvalue weighted by Gasteiger charge is -2.26. The van der Waals surface area contributed by atoms with Gasteiger partial charge in [-0.3, -0.25) is 9.59 Å². The number of rotatable bonds is 4. The number of guanidine groups is 1. The van der Waals surface area contributed by atoms with Crippen molar-refractivity contribution in [2.75, 3.05) is 6.54 Å². The first-order valence-corrected chi connectivity index (χ1v) is 7.02. The number of carbonyl (C=O) groups is 2. The minimum Gasteiger partial charge on any atom is -0.370 e. The van der Waals surface area contributed by atoms with Gasteiger partial charge in [0.05, 0.1) is 12.5 Å². The summed E-state index contributed by atoms with van der Waals surface area (Å²) in [5.41, 5.74) is 11.3. The summed E-state index contributed by atoms with van der Waals surface area (Å²) in [6.07, 6.45) is -0.0766. The average molecular weight is 306 g/mol. The zero-order valence-electron chi connectivity index (χ0n) is 12.5. The van der Waals surface area contributed by atoms with Gasteiger partial charge in [0.2, 0.25) is 0 Å². The first kappa shape index (κ1) is 15.9. The standard InChI is InChI=1S/C15H19FN4O2/c1-8(2)7-20-12(6-13(21)19-15(17)18)11-5-9(16)3-4-10(11)14(20)22/h3-5,8,12H,6-7H2,1-2H3,(H4,17,18,19,21). The van der Waals surface area contributed by atoms with Gasteiger partial charge < -0.3 is 16.4 Å². The van der Waals surface area contributed by atoms with Crippen LogP contribution < -0.4 is 11.5 Å². The van der Waals surface area contributed by atoms with E-state index in [2.05, 4.69) is 4.99 Å². The summed E-state index contributed by atoms with van der Waals surface area (Å²) < 4.78 is 13.5. The van der Waals surface area contributed by atoms with Crippen molar-refractivity contribution in [3.8, 4) is 0 Å². The zero-order chi connectivity index (χ0) is 16.4. The van der Waals surface area contributed by atoms with Crippen LogP contribution in [0.15, 0.2) is 23.2 Å². The highest BCUT2D eigenvalue weighted by Gasteiger charge is 2.38. The van der Waals surface area contributed by atoms with E-state index in [4.69, 9.17) is 11.5 Å². The molecule has 0 saturated carbocycles.